The molecule has 0 radical (unpaired) electrons. The molecule has 11 heteroatoms. The number of carboxylic acids is 1. The summed E-state index contributed by atoms with van der Waals surface area (Å²) in [7, 11) is 0. The average Bonchev–Trinajstić information content (AvgIpc) is 3.05. The molecule has 0 bridgehead atoms. The SMILES string of the molecule is O=C(O)CC1Sc2ccccc2N(Cc2nc3cc(Cl)cc(C(F)(F)F)c3s2)C1=O. The lowest BCUT2D eigenvalue weighted by Crippen LogP contribution is -2.41. The Hall–Kier alpha value is -2.30. The van der Waals surface area contributed by atoms with Crippen molar-refractivity contribution in [2.45, 2.75) is 29.3 Å². The first-order valence-electron chi connectivity index (χ1n) is 8.58. The third kappa shape index (κ3) is 3.99. The number of hydrogen-bond donors (Lipinski definition) is 1. The lowest BCUT2D eigenvalue weighted by atomic mass is 10.2. The van der Waals surface area contributed by atoms with Crippen LogP contribution in [-0.2, 0) is 22.3 Å². The highest BCUT2D eigenvalue weighted by Gasteiger charge is 2.37. The number of alkyl halides is 3. The molecule has 1 unspecified atom stereocenters. The van der Waals surface area contributed by atoms with Gasteiger partial charge in [0, 0.05) is 9.92 Å². The molecule has 1 aliphatic heterocycles. The molecule has 1 amide bonds. The van der Waals surface area contributed by atoms with Crippen LogP contribution in [-0.4, -0.2) is 27.2 Å². The average molecular weight is 473 g/mol. The second kappa shape index (κ2) is 7.75. The normalized spacial score (nSPS) is 16.7. The van der Waals surface area contributed by atoms with Crippen molar-refractivity contribution < 1.29 is 27.9 Å². The van der Waals surface area contributed by atoms with Crippen molar-refractivity contribution in [3.05, 3.63) is 52.0 Å². The summed E-state index contributed by atoms with van der Waals surface area (Å²) < 4.78 is 40.1. The third-order valence-electron chi connectivity index (χ3n) is 4.42. The summed E-state index contributed by atoms with van der Waals surface area (Å²) in [6.45, 7) is -0.0687. The number of hydrogen-bond acceptors (Lipinski definition) is 5. The number of nitrogens with zero attached hydrogens (tertiary/aromatic N) is 2. The largest absolute Gasteiger partial charge is 0.481 e. The summed E-state index contributed by atoms with van der Waals surface area (Å²) in [5.41, 5.74) is -0.204. The van der Waals surface area contributed by atoms with Gasteiger partial charge in [-0.3, -0.25) is 9.59 Å². The molecule has 0 fully saturated rings. The van der Waals surface area contributed by atoms with Crippen molar-refractivity contribution in [3.8, 4) is 0 Å². The second-order valence-electron chi connectivity index (χ2n) is 6.50. The number of aliphatic carboxylic acids is 1. The van der Waals surface area contributed by atoms with Gasteiger partial charge in [0.25, 0.3) is 0 Å². The second-order valence-corrected chi connectivity index (χ2v) is 9.27. The van der Waals surface area contributed by atoms with Gasteiger partial charge in [-0.1, -0.05) is 23.7 Å². The number of benzene rings is 2. The molecule has 0 saturated carbocycles. The molecule has 156 valence electrons. The van der Waals surface area contributed by atoms with Crippen LogP contribution in [0.15, 0.2) is 41.3 Å². The van der Waals surface area contributed by atoms with Gasteiger partial charge in [-0.15, -0.1) is 23.1 Å². The zero-order valence-electron chi connectivity index (χ0n) is 14.9. The first-order valence-corrected chi connectivity index (χ1v) is 10.7. The van der Waals surface area contributed by atoms with Gasteiger partial charge in [-0.25, -0.2) is 4.98 Å². The van der Waals surface area contributed by atoms with Gasteiger partial charge in [0.1, 0.15) is 5.01 Å². The number of halogens is 4. The minimum absolute atomic E-state index is 0.0592. The fourth-order valence-corrected chi connectivity index (χ4v) is 5.68. The zero-order chi connectivity index (χ0) is 21.6. The van der Waals surface area contributed by atoms with Crippen LogP contribution in [0.2, 0.25) is 5.02 Å². The number of thioether (sulfide) groups is 1. The van der Waals surface area contributed by atoms with Crippen LogP contribution >= 0.6 is 34.7 Å². The van der Waals surface area contributed by atoms with Crippen molar-refractivity contribution in [2.24, 2.45) is 0 Å². The Kier molecular flexibility index (Phi) is 5.41. The molecule has 1 aliphatic rings. The zero-order valence-corrected chi connectivity index (χ0v) is 17.3. The van der Waals surface area contributed by atoms with Gasteiger partial charge < -0.3 is 10.0 Å². The number of para-hydroxylation sites is 1. The molecule has 3 aromatic rings. The number of rotatable bonds is 4. The van der Waals surface area contributed by atoms with Crippen LogP contribution < -0.4 is 4.90 Å². The minimum Gasteiger partial charge on any atom is -0.481 e. The standard InChI is InChI=1S/C19H12ClF3N2O3S2/c20-9-5-10(19(21,22)23)17-11(6-9)24-15(30-17)8-25-12-3-1-2-4-13(12)29-14(18(25)28)7-16(26)27/h1-6,14H,7-8H2,(H,26,27). The molecule has 2 aromatic carbocycles. The Bertz CT molecular complexity index is 1170. The summed E-state index contributed by atoms with van der Waals surface area (Å²) in [6, 6.07) is 9.19. The molecular weight excluding hydrogens is 461 g/mol. The number of fused-ring (bicyclic) bond motifs is 2. The quantitative estimate of drug-likeness (QED) is 0.546. The van der Waals surface area contributed by atoms with E-state index in [9.17, 15) is 22.8 Å². The van der Waals surface area contributed by atoms with Gasteiger partial charge >= 0.3 is 12.1 Å². The third-order valence-corrected chi connectivity index (χ3v) is 6.98. The lowest BCUT2D eigenvalue weighted by molar-refractivity contribution is -0.138. The molecule has 2 heterocycles. The predicted molar refractivity (Wildman–Crippen MR) is 109 cm³/mol. The van der Waals surface area contributed by atoms with Crippen LogP contribution in [0.3, 0.4) is 0 Å². The summed E-state index contributed by atoms with van der Waals surface area (Å²) in [5, 5.41) is 8.51. The molecular formula is C19H12ClF3N2O3S2. The Morgan fingerprint density at radius 1 is 1.27 bits per heavy atom. The van der Waals surface area contributed by atoms with E-state index in [2.05, 4.69) is 4.98 Å². The Labute approximate surface area is 181 Å². The Balaban J connectivity index is 1.75. The molecule has 1 atom stereocenters. The fraction of sp³-hybridized carbons (Fsp3) is 0.211. The first kappa shape index (κ1) is 21.0. The van der Waals surface area contributed by atoms with E-state index >= 15 is 0 Å². The highest BCUT2D eigenvalue weighted by Crippen LogP contribution is 2.43. The number of carboxylic acid groups (broad SMARTS) is 1. The topological polar surface area (TPSA) is 70.5 Å². The van der Waals surface area contributed by atoms with E-state index < -0.39 is 28.9 Å². The number of amides is 1. The van der Waals surface area contributed by atoms with E-state index in [1.165, 1.54) is 22.7 Å². The highest BCUT2D eigenvalue weighted by atomic mass is 35.5. The van der Waals surface area contributed by atoms with Gasteiger partial charge in [-0.2, -0.15) is 13.2 Å². The molecule has 0 aliphatic carbocycles. The monoisotopic (exact) mass is 472 g/mol. The fourth-order valence-electron chi connectivity index (χ4n) is 3.18. The number of carbonyl (C=O) groups is 2. The van der Waals surface area contributed by atoms with E-state index in [0.29, 0.717) is 10.7 Å². The van der Waals surface area contributed by atoms with Crippen LogP contribution in [0.4, 0.5) is 18.9 Å². The lowest BCUT2D eigenvalue weighted by Gasteiger charge is -2.32. The highest BCUT2D eigenvalue weighted by molar-refractivity contribution is 8.01. The van der Waals surface area contributed by atoms with E-state index in [4.69, 9.17) is 16.7 Å². The Morgan fingerprint density at radius 3 is 2.70 bits per heavy atom. The van der Waals surface area contributed by atoms with Crippen LogP contribution in [0.5, 0.6) is 0 Å². The first-order chi connectivity index (χ1) is 14.1. The summed E-state index contributed by atoms with van der Waals surface area (Å²) in [5.74, 6) is -1.53. The number of anilines is 1. The summed E-state index contributed by atoms with van der Waals surface area (Å²) >= 11 is 7.83. The molecule has 0 saturated heterocycles. The van der Waals surface area contributed by atoms with Crippen molar-refractivity contribution in [1.29, 1.82) is 0 Å². The maximum Gasteiger partial charge on any atom is 0.417 e. The molecule has 5 nitrogen and oxygen atoms in total. The van der Waals surface area contributed by atoms with Crippen LogP contribution in [0.1, 0.15) is 17.0 Å². The maximum absolute atomic E-state index is 13.4. The summed E-state index contributed by atoms with van der Waals surface area (Å²) in [4.78, 5) is 30.5. The maximum atomic E-state index is 13.4. The summed E-state index contributed by atoms with van der Waals surface area (Å²) in [6.07, 6.45) is -4.95. The van der Waals surface area contributed by atoms with Crippen molar-refractivity contribution >= 4 is 62.5 Å². The number of carbonyl (C=O) groups excluding carboxylic acids is 1. The molecule has 1 N–H and O–H groups in total. The van der Waals surface area contributed by atoms with E-state index in [1.54, 1.807) is 24.3 Å². The van der Waals surface area contributed by atoms with Gasteiger partial charge in [0.15, 0.2) is 0 Å². The van der Waals surface area contributed by atoms with Gasteiger partial charge in [-0.05, 0) is 24.3 Å². The molecule has 4 rings (SSSR count). The van der Waals surface area contributed by atoms with Crippen molar-refractivity contribution in [2.75, 3.05) is 4.90 Å². The predicted octanol–water partition coefficient (Wildman–Crippen LogP) is 5.45. The van der Waals surface area contributed by atoms with E-state index in [0.717, 1.165) is 22.3 Å². The minimum atomic E-state index is -4.59. The van der Waals surface area contributed by atoms with Gasteiger partial charge in [0.2, 0.25) is 5.91 Å². The van der Waals surface area contributed by atoms with Crippen molar-refractivity contribution in [3.63, 3.8) is 0 Å². The van der Waals surface area contributed by atoms with E-state index in [1.807, 2.05) is 0 Å². The molecule has 30 heavy (non-hydrogen) atoms. The van der Waals surface area contributed by atoms with E-state index in [-0.39, 0.29) is 28.2 Å². The van der Waals surface area contributed by atoms with Crippen LogP contribution in [0, 0.1) is 0 Å². The number of aromatic nitrogens is 1. The Morgan fingerprint density at radius 2 is 2.00 bits per heavy atom. The van der Waals surface area contributed by atoms with Crippen LogP contribution in [0.25, 0.3) is 10.2 Å². The van der Waals surface area contributed by atoms with Crippen molar-refractivity contribution in [1.82, 2.24) is 4.98 Å². The molecule has 0 spiro atoms. The smallest absolute Gasteiger partial charge is 0.417 e. The molecule has 1 aromatic heterocycles. The number of thiazole rings is 1. The van der Waals surface area contributed by atoms with Gasteiger partial charge in [0.05, 0.1) is 39.7 Å².